The van der Waals surface area contributed by atoms with Crippen molar-refractivity contribution in [3.63, 3.8) is 0 Å². The summed E-state index contributed by atoms with van der Waals surface area (Å²) >= 11 is 2.32. The first-order valence-electron chi connectivity index (χ1n) is 5.79. The molecule has 1 aliphatic rings. The van der Waals surface area contributed by atoms with Gasteiger partial charge >= 0.3 is 0 Å². The molecule has 0 aromatic carbocycles. The summed E-state index contributed by atoms with van der Waals surface area (Å²) < 4.78 is 1.15. The molecule has 0 saturated carbocycles. The Hall–Kier alpha value is -0.390. The van der Waals surface area contributed by atoms with Crippen molar-refractivity contribution >= 4 is 28.4 Å². The van der Waals surface area contributed by atoms with E-state index in [2.05, 4.69) is 51.3 Å². The molecular weight excluding hydrogens is 313 g/mol. The zero-order valence-electron chi connectivity index (χ0n) is 9.91. The average Bonchev–Trinajstić information content (AvgIpc) is 2.40. The van der Waals surface area contributed by atoms with Gasteiger partial charge in [0.25, 0.3) is 0 Å². The molecule has 1 saturated heterocycles. The molecule has 2 heterocycles. The largest absolute Gasteiger partial charge is 0.356 e. The Morgan fingerprint density at radius 3 is 2.88 bits per heavy atom. The van der Waals surface area contributed by atoms with Gasteiger partial charge in [-0.1, -0.05) is 13.8 Å². The minimum absolute atomic E-state index is 0.479. The Morgan fingerprint density at radius 1 is 1.31 bits per heavy atom. The molecule has 1 aromatic heterocycles. The van der Waals surface area contributed by atoms with Gasteiger partial charge in [0.1, 0.15) is 12.1 Å². The van der Waals surface area contributed by atoms with E-state index < -0.39 is 0 Å². The normalized spacial score (nSPS) is 20.6. The minimum atomic E-state index is 0.479. The lowest BCUT2D eigenvalue weighted by molar-refractivity contribution is 0.325. The zero-order valence-corrected chi connectivity index (χ0v) is 12.1. The molecule has 0 N–H and O–H groups in total. The van der Waals surface area contributed by atoms with Gasteiger partial charge in [0.15, 0.2) is 0 Å². The zero-order chi connectivity index (χ0) is 11.6. The smallest absolute Gasteiger partial charge is 0.145 e. The number of rotatable bonds is 1. The van der Waals surface area contributed by atoms with Gasteiger partial charge < -0.3 is 4.90 Å². The number of nitrogens with zero attached hydrogens (tertiary/aromatic N) is 3. The summed E-state index contributed by atoms with van der Waals surface area (Å²) in [5.74, 6) is 1.10. The standard InChI is InChI=1S/C12H18IN3/c1-12(2)4-3-6-16(7-5-12)11-10(13)8-14-9-15-11/h8-9H,3-7H2,1-2H3. The van der Waals surface area contributed by atoms with Crippen molar-refractivity contribution in [3.8, 4) is 0 Å². The SMILES string of the molecule is CC1(C)CCCN(c2ncncc2I)CC1. The molecule has 3 nitrogen and oxygen atoms in total. The van der Waals surface area contributed by atoms with Crippen LogP contribution in [-0.4, -0.2) is 23.1 Å². The maximum Gasteiger partial charge on any atom is 0.145 e. The third kappa shape index (κ3) is 2.84. The molecule has 1 aromatic rings. The first kappa shape index (κ1) is 12.1. The minimum Gasteiger partial charge on any atom is -0.356 e. The fourth-order valence-electron chi connectivity index (χ4n) is 2.17. The van der Waals surface area contributed by atoms with Gasteiger partial charge in [0, 0.05) is 19.3 Å². The second-order valence-electron chi connectivity index (χ2n) is 5.20. The maximum atomic E-state index is 4.40. The van der Waals surface area contributed by atoms with Crippen molar-refractivity contribution in [1.82, 2.24) is 9.97 Å². The highest BCUT2D eigenvalue weighted by Gasteiger charge is 2.24. The number of halogens is 1. The molecule has 16 heavy (non-hydrogen) atoms. The van der Waals surface area contributed by atoms with Gasteiger partial charge in [-0.3, -0.25) is 0 Å². The van der Waals surface area contributed by atoms with Crippen molar-refractivity contribution in [3.05, 3.63) is 16.1 Å². The van der Waals surface area contributed by atoms with Crippen LogP contribution in [0.2, 0.25) is 0 Å². The number of hydrogen-bond donors (Lipinski definition) is 0. The van der Waals surface area contributed by atoms with Gasteiger partial charge in [-0.2, -0.15) is 0 Å². The van der Waals surface area contributed by atoms with Crippen LogP contribution in [0.25, 0.3) is 0 Å². The van der Waals surface area contributed by atoms with E-state index in [0.717, 1.165) is 22.5 Å². The summed E-state index contributed by atoms with van der Waals surface area (Å²) in [5, 5.41) is 0. The van der Waals surface area contributed by atoms with Gasteiger partial charge in [0.2, 0.25) is 0 Å². The van der Waals surface area contributed by atoms with E-state index in [1.807, 2.05) is 6.20 Å². The topological polar surface area (TPSA) is 29.0 Å². The lowest BCUT2D eigenvalue weighted by Gasteiger charge is -2.24. The highest BCUT2D eigenvalue weighted by atomic mass is 127. The van der Waals surface area contributed by atoms with E-state index in [0.29, 0.717) is 5.41 Å². The van der Waals surface area contributed by atoms with Crippen LogP contribution < -0.4 is 4.90 Å². The van der Waals surface area contributed by atoms with Crippen molar-refractivity contribution in [2.75, 3.05) is 18.0 Å². The summed E-state index contributed by atoms with van der Waals surface area (Å²) in [6, 6.07) is 0. The van der Waals surface area contributed by atoms with Crippen LogP contribution in [0.1, 0.15) is 33.1 Å². The average molecular weight is 331 g/mol. The molecule has 1 aliphatic heterocycles. The van der Waals surface area contributed by atoms with Crippen molar-refractivity contribution < 1.29 is 0 Å². The van der Waals surface area contributed by atoms with Crippen LogP contribution in [0.4, 0.5) is 5.82 Å². The van der Waals surface area contributed by atoms with E-state index in [1.165, 1.54) is 19.3 Å². The maximum absolute atomic E-state index is 4.40. The second-order valence-corrected chi connectivity index (χ2v) is 6.36. The number of aromatic nitrogens is 2. The van der Waals surface area contributed by atoms with Crippen molar-refractivity contribution in [2.45, 2.75) is 33.1 Å². The molecule has 0 amide bonds. The van der Waals surface area contributed by atoms with Crippen LogP contribution >= 0.6 is 22.6 Å². The van der Waals surface area contributed by atoms with E-state index in [-0.39, 0.29) is 0 Å². The Kier molecular flexibility index (Phi) is 3.66. The summed E-state index contributed by atoms with van der Waals surface area (Å²) in [7, 11) is 0. The molecule has 4 heteroatoms. The lowest BCUT2D eigenvalue weighted by Crippen LogP contribution is -2.26. The Morgan fingerprint density at radius 2 is 2.12 bits per heavy atom. The number of hydrogen-bond acceptors (Lipinski definition) is 3. The summed E-state index contributed by atoms with van der Waals surface area (Å²) in [6.45, 7) is 6.96. The third-order valence-corrected chi connectivity index (χ3v) is 4.05. The molecule has 0 aliphatic carbocycles. The van der Waals surface area contributed by atoms with Crippen LogP contribution in [0.5, 0.6) is 0 Å². The molecule has 0 atom stereocenters. The van der Waals surface area contributed by atoms with Crippen molar-refractivity contribution in [2.24, 2.45) is 5.41 Å². The molecule has 2 rings (SSSR count). The van der Waals surface area contributed by atoms with E-state index in [4.69, 9.17) is 0 Å². The van der Waals surface area contributed by atoms with Crippen molar-refractivity contribution in [1.29, 1.82) is 0 Å². The fourth-order valence-corrected chi connectivity index (χ4v) is 2.81. The van der Waals surface area contributed by atoms with E-state index in [1.54, 1.807) is 6.33 Å². The third-order valence-electron chi connectivity index (χ3n) is 3.29. The van der Waals surface area contributed by atoms with Crippen LogP contribution in [0, 0.1) is 8.99 Å². The molecular formula is C12H18IN3. The van der Waals surface area contributed by atoms with Gasteiger partial charge in [0.05, 0.1) is 3.57 Å². The van der Waals surface area contributed by atoms with Gasteiger partial charge in [-0.05, 0) is 47.3 Å². The lowest BCUT2D eigenvalue weighted by atomic mass is 9.85. The molecule has 0 unspecified atom stereocenters. The Bertz CT molecular complexity index is 365. The summed E-state index contributed by atoms with van der Waals surface area (Å²) in [4.78, 5) is 10.8. The molecule has 1 fully saturated rings. The summed E-state index contributed by atoms with van der Waals surface area (Å²) in [6.07, 6.45) is 7.35. The molecule has 0 bridgehead atoms. The van der Waals surface area contributed by atoms with E-state index in [9.17, 15) is 0 Å². The highest BCUT2D eigenvalue weighted by Crippen LogP contribution is 2.31. The predicted octanol–water partition coefficient (Wildman–Crippen LogP) is 3.10. The van der Waals surface area contributed by atoms with E-state index >= 15 is 0 Å². The monoisotopic (exact) mass is 331 g/mol. The predicted molar refractivity (Wildman–Crippen MR) is 74.6 cm³/mol. The Labute approximate surface area is 111 Å². The first-order valence-corrected chi connectivity index (χ1v) is 6.87. The van der Waals surface area contributed by atoms with Crippen LogP contribution in [0.3, 0.4) is 0 Å². The second kappa shape index (κ2) is 4.85. The van der Waals surface area contributed by atoms with Crippen LogP contribution in [0.15, 0.2) is 12.5 Å². The summed E-state index contributed by atoms with van der Waals surface area (Å²) in [5.41, 5.74) is 0.479. The number of anilines is 1. The molecule has 88 valence electrons. The quantitative estimate of drug-likeness (QED) is 0.741. The highest BCUT2D eigenvalue weighted by molar-refractivity contribution is 14.1. The fraction of sp³-hybridized carbons (Fsp3) is 0.667. The van der Waals surface area contributed by atoms with Gasteiger partial charge in [-0.25, -0.2) is 9.97 Å². The Balaban J connectivity index is 2.14. The first-order chi connectivity index (χ1) is 7.58. The van der Waals surface area contributed by atoms with Crippen LogP contribution in [-0.2, 0) is 0 Å². The molecule has 0 spiro atoms. The molecule has 0 radical (unpaired) electrons. The van der Waals surface area contributed by atoms with Gasteiger partial charge in [-0.15, -0.1) is 0 Å².